The summed E-state index contributed by atoms with van der Waals surface area (Å²) in [6.07, 6.45) is 3.57. The summed E-state index contributed by atoms with van der Waals surface area (Å²) in [5.74, 6) is 0.485. The van der Waals surface area contributed by atoms with Gasteiger partial charge in [0, 0.05) is 36.6 Å². The molecule has 0 aliphatic carbocycles. The first-order valence-electron chi connectivity index (χ1n) is 7.67. The fourth-order valence-electron chi connectivity index (χ4n) is 2.57. The van der Waals surface area contributed by atoms with Gasteiger partial charge in [0.1, 0.15) is 5.82 Å². The van der Waals surface area contributed by atoms with E-state index in [1.165, 1.54) is 18.2 Å². The summed E-state index contributed by atoms with van der Waals surface area (Å²) < 4.78 is 1.94. The van der Waals surface area contributed by atoms with Crippen LogP contribution in [0, 0.1) is 17.0 Å². The summed E-state index contributed by atoms with van der Waals surface area (Å²) in [6.45, 7) is 2.20. The fraction of sp³-hybridized carbons (Fsp3) is 0.111. The molecule has 0 atom stereocenters. The molecule has 7 nitrogen and oxygen atoms in total. The van der Waals surface area contributed by atoms with Crippen LogP contribution >= 0.6 is 0 Å². The minimum atomic E-state index is -0.520. The zero-order chi connectivity index (χ0) is 17.8. The van der Waals surface area contributed by atoms with Crippen LogP contribution in [0.25, 0.3) is 5.69 Å². The first-order valence-corrected chi connectivity index (χ1v) is 7.67. The summed E-state index contributed by atoms with van der Waals surface area (Å²) in [4.78, 5) is 26.8. The van der Waals surface area contributed by atoms with E-state index in [1.54, 1.807) is 12.3 Å². The van der Waals surface area contributed by atoms with Gasteiger partial charge < -0.3 is 9.88 Å². The number of benzene rings is 2. The number of amides is 1. The van der Waals surface area contributed by atoms with E-state index in [0.29, 0.717) is 6.54 Å². The first kappa shape index (κ1) is 16.4. The molecular formula is C18H16N4O3. The number of rotatable bonds is 5. The molecule has 0 spiro atoms. The smallest absolute Gasteiger partial charge is 0.270 e. The SMILES string of the molecule is Cc1nccn1-c1ccccc1CNC(=O)c1cccc([N+](=O)[O-])c1. The number of nitro benzene ring substituents is 1. The maximum atomic E-state index is 12.3. The number of aryl methyl sites for hydroxylation is 1. The molecule has 1 aromatic heterocycles. The van der Waals surface area contributed by atoms with E-state index in [1.807, 2.05) is 42.0 Å². The molecule has 25 heavy (non-hydrogen) atoms. The average molecular weight is 336 g/mol. The van der Waals surface area contributed by atoms with Crippen molar-refractivity contribution in [3.05, 3.63) is 88.0 Å². The van der Waals surface area contributed by atoms with Crippen LogP contribution in [0.1, 0.15) is 21.7 Å². The van der Waals surface area contributed by atoms with Crippen molar-refractivity contribution >= 4 is 11.6 Å². The van der Waals surface area contributed by atoms with Crippen LogP contribution < -0.4 is 5.32 Å². The molecule has 126 valence electrons. The van der Waals surface area contributed by atoms with Gasteiger partial charge in [0.05, 0.1) is 10.6 Å². The Morgan fingerprint density at radius 2 is 2.04 bits per heavy atom. The molecule has 3 aromatic rings. The Kier molecular flexibility index (Phi) is 4.56. The molecular weight excluding hydrogens is 320 g/mol. The number of aromatic nitrogens is 2. The zero-order valence-corrected chi connectivity index (χ0v) is 13.5. The van der Waals surface area contributed by atoms with Gasteiger partial charge >= 0.3 is 0 Å². The molecule has 0 unspecified atom stereocenters. The number of non-ortho nitro benzene ring substituents is 1. The second kappa shape index (κ2) is 6.96. The van der Waals surface area contributed by atoms with Crippen molar-refractivity contribution in [1.29, 1.82) is 0 Å². The van der Waals surface area contributed by atoms with Crippen LogP contribution in [0.5, 0.6) is 0 Å². The Labute approximate surface area is 144 Å². The first-order chi connectivity index (χ1) is 12.1. The Bertz CT molecular complexity index is 933. The predicted molar refractivity (Wildman–Crippen MR) is 92.6 cm³/mol. The monoisotopic (exact) mass is 336 g/mol. The molecule has 2 aromatic carbocycles. The van der Waals surface area contributed by atoms with Crippen LogP contribution in [0.2, 0.25) is 0 Å². The number of nitrogens with zero attached hydrogens (tertiary/aromatic N) is 3. The van der Waals surface area contributed by atoms with Crippen LogP contribution in [0.15, 0.2) is 60.9 Å². The van der Waals surface area contributed by atoms with E-state index in [0.717, 1.165) is 17.1 Å². The molecule has 0 saturated carbocycles. The lowest BCUT2D eigenvalue weighted by Crippen LogP contribution is -2.23. The fourth-order valence-corrected chi connectivity index (χ4v) is 2.57. The highest BCUT2D eigenvalue weighted by Gasteiger charge is 2.12. The summed E-state index contributed by atoms with van der Waals surface area (Å²) >= 11 is 0. The maximum Gasteiger partial charge on any atom is 0.270 e. The predicted octanol–water partition coefficient (Wildman–Crippen LogP) is 3.02. The van der Waals surface area contributed by atoms with Gasteiger partial charge in [-0.2, -0.15) is 0 Å². The number of para-hydroxylation sites is 1. The third kappa shape index (κ3) is 3.55. The highest BCUT2D eigenvalue weighted by Crippen LogP contribution is 2.17. The minimum Gasteiger partial charge on any atom is -0.348 e. The van der Waals surface area contributed by atoms with E-state index < -0.39 is 4.92 Å². The van der Waals surface area contributed by atoms with Crippen molar-refractivity contribution in [2.75, 3.05) is 0 Å². The molecule has 1 heterocycles. The van der Waals surface area contributed by atoms with Crippen molar-refractivity contribution in [3.8, 4) is 5.69 Å². The van der Waals surface area contributed by atoms with Crippen LogP contribution in [0.3, 0.4) is 0 Å². The third-order valence-electron chi connectivity index (χ3n) is 3.84. The van der Waals surface area contributed by atoms with Gasteiger partial charge in [-0.25, -0.2) is 4.98 Å². The Morgan fingerprint density at radius 1 is 1.24 bits per heavy atom. The zero-order valence-electron chi connectivity index (χ0n) is 13.5. The molecule has 0 radical (unpaired) electrons. The second-order valence-electron chi connectivity index (χ2n) is 5.46. The molecule has 0 saturated heterocycles. The Balaban J connectivity index is 1.79. The maximum absolute atomic E-state index is 12.3. The molecule has 0 aliphatic rings. The molecule has 0 bridgehead atoms. The molecule has 0 fully saturated rings. The largest absolute Gasteiger partial charge is 0.348 e. The van der Waals surface area contributed by atoms with E-state index in [2.05, 4.69) is 10.3 Å². The molecule has 7 heteroatoms. The van der Waals surface area contributed by atoms with Crippen molar-refractivity contribution in [1.82, 2.24) is 14.9 Å². The lowest BCUT2D eigenvalue weighted by atomic mass is 10.1. The quantitative estimate of drug-likeness (QED) is 0.573. The summed E-state index contributed by atoms with van der Waals surface area (Å²) in [7, 11) is 0. The van der Waals surface area contributed by atoms with Crippen molar-refractivity contribution < 1.29 is 9.72 Å². The van der Waals surface area contributed by atoms with E-state index in [9.17, 15) is 14.9 Å². The summed E-state index contributed by atoms with van der Waals surface area (Å²) in [5, 5.41) is 13.6. The van der Waals surface area contributed by atoms with E-state index in [-0.39, 0.29) is 17.2 Å². The molecule has 3 rings (SSSR count). The number of hydrogen-bond acceptors (Lipinski definition) is 4. The van der Waals surface area contributed by atoms with Crippen molar-refractivity contribution in [2.45, 2.75) is 13.5 Å². The van der Waals surface area contributed by atoms with Crippen LogP contribution in [-0.4, -0.2) is 20.4 Å². The number of carbonyl (C=O) groups excluding carboxylic acids is 1. The van der Waals surface area contributed by atoms with E-state index in [4.69, 9.17) is 0 Å². The van der Waals surface area contributed by atoms with Gasteiger partial charge in [0.2, 0.25) is 0 Å². The van der Waals surface area contributed by atoms with Gasteiger partial charge in [-0.05, 0) is 24.6 Å². The van der Waals surface area contributed by atoms with Gasteiger partial charge in [0.25, 0.3) is 11.6 Å². The van der Waals surface area contributed by atoms with Gasteiger partial charge in [0.15, 0.2) is 0 Å². The van der Waals surface area contributed by atoms with Gasteiger partial charge in [-0.15, -0.1) is 0 Å². The number of carbonyl (C=O) groups is 1. The molecule has 0 aliphatic heterocycles. The highest BCUT2D eigenvalue weighted by atomic mass is 16.6. The Morgan fingerprint density at radius 3 is 2.76 bits per heavy atom. The number of imidazole rings is 1. The van der Waals surface area contributed by atoms with Crippen LogP contribution in [-0.2, 0) is 6.54 Å². The topological polar surface area (TPSA) is 90.1 Å². The number of hydrogen-bond donors (Lipinski definition) is 1. The molecule has 1 N–H and O–H groups in total. The minimum absolute atomic E-state index is 0.109. The van der Waals surface area contributed by atoms with Crippen molar-refractivity contribution in [2.24, 2.45) is 0 Å². The lowest BCUT2D eigenvalue weighted by Gasteiger charge is -2.12. The number of nitro groups is 1. The third-order valence-corrected chi connectivity index (χ3v) is 3.84. The lowest BCUT2D eigenvalue weighted by molar-refractivity contribution is -0.384. The second-order valence-corrected chi connectivity index (χ2v) is 5.46. The summed E-state index contributed by atoms with van der Waals surface area (Å²) in [5.41, 5.74) is 1.99. The normalized spacial score (nSPS) is 10.4. The van der Waals surface area contributed by atoms with Gasteiger partial charge in [-0.3, -0.25) is 14.9 Å². The standard InChI is InChI=1S/C18H16N4O3/c1-13-19-9-10-21(13)17-8-3-2-5-15(17)12-20-18(23)14-6-4-7-16(11-14)22(24)25/h2-11H,12H2,1H3,(H,20,23). The van der Waals surface area contributed by atoms with E-state index >= 15 is 0 Å². The number of nitrogens with one attached hydrogen (secondary N) is 1. The average Bonchev–Trinajstić information content (AvgIpc) is 3.05. The summed E-state index contributed by atoms with van der Waals surface area (Å²) in [6, 6.07) is 13.3. The molecule has 1 amide bonds. The Hall–Kier alpha value is -3.48. The highest BCUT2D eigenvalue weighted by molar-refractivity contribution is 5.94. The van der Waals surface area contributed by atoms with Crippen LogP contribution in [0.4, 0.5) is 5.69 Å². The van der Waals surface area contributed by atoms with Crippen molar-refractivity contribution in [3.63, 3.8) is 0 Å². The van der Waals surface area contributed by atoms with Gasteiger partial charge in [-0.1, -0.05) is 24.3 Å².